The van der Waals surface area contributed by atoms with Crippen LogP contribution < -0.4 is 11.1 Å². The lowest BCUT2D eigenvalue weighted by atomic mass is 9.77. The SMILES string of the molecule is CC1(NCC2CCCC(N)C2)CCC1. The van der Waals surface area contributed by atoms with Crippen molar-refractivity contribution in [2.24, 2.45) is 11.7 Å². The summed E-state index contributed by atoms with van der Waals surface area (Å²) in [5.74, 6) is 0.844. The lowest BCUT2D eigenvalue weighted by molar-refractivity contribution is 0.184. The van der Waals surface area contributed by atoms with Crippen molar-refractivity contribution in [3.63, 3.8) is 0 Å². The Morgan fingerprint density at radius 2 is 2.07 bits per heavy atom. The molecule has 0 aromatic carbocycles. The van der Waals surface area contributed by atoms with Gasteiger partial charge in [0.15, 0.2) is 0 Å². The van der Waals surface area contributed by atoms with Crippen molar-refractivity contribution in [2.75, 3.05) is 6.54 Å². The smallest absolute Gasteiger partial charge is 0.0153 e. The first-order chi connectivity index (χ1) is 6.68. The standard InChI is InChI=1S/C12H24N2/c1-12(6-3-7-12)14-9-10-4-2-5-11(13)8-10/h10-11,14H,2-9,13H2,1H3. The number of rotatable bonds is 3. The third kappa shape index (κ3) is 2.48. The lowest BCUT2D eigenvalue weighted by Gasteiger charge is -2.41. The Kier molecular flexibility index (Phi) is 3.13. The molecule has 0 aromatic rings. The van der Waals surface area contributed by atoms with Gasteiger partial charge in [0.25, 0.3) is 0 Å². The topological polar surface area (TPSA) is 38.0 Å². The van der Waals surface area contributed by atoms with Crippen LogP contribution in [0.4, 0.5) is 0 Å². The molecular weight excluding hydrogens is 172 g/mol. The van der Waals surface area contributed by atoms with Crippen LogP contribution in [-0.4, -0.2) is 18.1 Å². The Bertz CT molecular complexity index is 187. The molecule has 2 fully saturated rings. The van der Waals surface area contributed by atoms with Gasteiger partial charge >= 0.3 is 0 Å². The van der Waals surface area contributed by atoms with Gasteiger partial charge in [0, 0.05) is 11.6 Å². The summed E-state index contributed by atoms with van der Waals surface area (Å²) in [6, 6.07) is 0.477. The van der Waals surface area contributed by atoms with Crippen LogP contribution >= 0.6 is 0 Å². The fraction of sp³-hybridized carbons (Fsp3) is 1.00. The first-order valence-electron chi connectivity index (χ1n) is 6.19. The molecule has 2 nitrogen and oxygen atoms in total. The third-order valence-corrected chi connectivity index (χ3v) is 4.10. The first-order valence-corrected chi connectivity index (χ1v) is 6.19. The molecule has 0 amide bonds. The van der Waals surface area contributed by atoms with Gasteiger partial charge in [0.2, 0.25) is 0 Å². The van der Waals surface area contributed by atoms with Gasteiger partial charge in [-0.25, -0.2) is 0 Å². The summed E-state index contributed by atoms with van der Waals surface area (Å²) < 4.78 is 0. The van der Waals surface area contributed by atoms with E-state index >= 15 is 0 Å². The Morgan fingerprint density at radius 1 is 1.29 bits per heavy atom. The average Bonchev–Trinajstić information content (AvgIpc) is 2.12. The van der Waals surface area contributed by atoms with Gasteiger partial charge in [-0.05, 0) is 57.9 Å². The fourth-order valence-corrected chi connectivity index (χ4v) is 2.79. The van der Waals surface area contributed by atoms with E-state index in [4.69, 9.17) is 5.73 Å². The first kappa shape index (κ1) is 10.4. The molecule has 2 aliphatic carbocycles. The number of nitrogens with one attached hydrogen (secondary N) is 1. The van der Waals surface area contributed by atoms with E-state index in [1.54, 1.807) is 0 Å². The number of hydrogen-bond donors (Lipinski definition) is 2. The zero-order valence-corrected chi connectivity index (χ0v) is 9.39. The Balaban J connectivity index is 1.69. The summed E-state index contributed by atoms with van der Waals surface area (Å²) in [5.41, 5.74) is 6.46. The minimum atomic E-state index is 0.474. The maximum Gasteiger partial charge on any atom is 0.0153 e. The summed E-state index contributed by atoms with van der Waals surface area (Å²) in [4.78, 5) is 0. The molecular formula is C12H24N2. The Morgan fingerprint density at radius 3 is 2.64 bits per heavy atom. The molecule has 0 saturated heterocycles. The van der Waals surface area contributed by atoms with Gasteiger partial charge in [-0.1, -0.05) is 6.42 Å². The normalized spacial score (nSPS) is 36.4. The Hall–Kier alpha value is -0.0800. The van der Waals surface area contributed by atoms with Gasteiger partial charge in [0.05, 0.1) is 0 Å². The van der Waals surface area contributed by atoms with E-state index in [9.17, 15) is 0 Å². The third-order valence-electron chi connectivity index (χ3n) is 4.10. The highest BCUT2D eigenvalue weighted by molar-refractivity contribution is 4.92. The van der Waals surface area contributed by atoms with E-state index in [2.05, 4.69) is 12.2 Å². The molecule has 2 atom stereocenters. The summed E-state index contributed by atoms with van der Waals surface area (Å²) in [6.07, 6.45) is 9.35. The van der Waals surface area contributed by atoms with Crippen LogP contribution in [0.3, 0.4) is 0 Å². The second kappa shape index (κ2) is 4.19. The molecule has 2 saturated carbocycles. The van der Waals surface area contributed by atoms with Gasteiger partial charge in [0.1, 0.15) is 0 Å². The highest BCUT2D eigenvalue weighted by atomic mass is 15.0. The van der Waals surface area contributed by atoms with Crippen molar-refractivity contribution in [1.82, 2.24) is 5.32 Å². The summed E-state index contributed by atoms with van der Waals surface area (Å²) in [5, 5.41) is 3.73. The highest BCUT2D eigenvalue weighted by Gasteiger charge is 2.32. The minimum Gasteiger partial charge on any atom is -0.328 e. The average molecular weight is 196 g/mol. The highest BCUT2D eigenvalue weighted by Crippen LogP contribution is 2.32. The van der Waals surface area contributed by atoms with Crippen LogP contribution in [0.15, 0.2) is 0 Å². The van der Waals surface area contributed by atoms with Crippen LogP contribution in [0.25, 0.3) is 0 Å². The number of hydrogen-bond acceptors (Lipinski definition) is 2. The van der Waals surface area contributed by atoms with Crippen molar-refractivity contribution in [2.45, 2.75) is 63.5 Å². The predicted molar refractivity (Wildman–Crippen MR) is 60.2 cm³/mol. The van der Waals surface area contributed by atoms with Crippen LogP contribution in [-0.2, 0) is 0 Å². The molecule has 3 N–H and O–H groups in total. The molecule has 2 rings (SSSR count). The maximum atomic E-state index is 5.98. The van der Waals surface area contributed by atoms with Crippen molar-refractivity contribution in [1.29, 1.82) is 0 Å². The van der Waals surface area contributed by atoms with Crippen molar-refractivity contribution in [3.8, 4) is 0 Å². The summed E-state index contributed by atoms with van der Waals surface area (Å²) >= 11 is 0. The maximum absolute atomic E-state index is 5.98. The largest absolute Gasteiger partial charge is 0.328 e. The summed E-state index contributed by atoms with van der Waals surface area (Å²) in [6.45, 7) is 3.56. The molecule has 0 heterocycles. The molecule has 2 aliphatic rings. The van der Waals surface area contributed by atoms with Crippen LogP contribution in [0.5, 0.6) is 0 Å². The van der Waals surface area contributed by atoms with E-state index in [0.717, 1.165) is 5.92 Å². The minimum absolute atomic E-state index is 0.474. The molecule has 2 heteroatoms. The van der Waals surface area contributed by atoms with Gasteiger partial charge in [-0.15, -0.1) is 0 Å². The molecule has 0 spiro atoms. The quantitative estimate of drug-likeness (QED) is 0.725. The molecule has 0 aromatic heterocycles. The molecule has 0 bridgehead atoms. The zero-order valence-electron chi connectivity index (χ0n) is 9.39. The second-order valence-corrected chi connectivity index (χ2v) is 5.59. The lowest BCUT2D eigenvalue weighted by Crippen LogP contribution is -2.50. The van der Waals surface area contributed by atoms with E-state index < -0.39 is 0 Å². The van der Waals surface area contributed by atoms with Crippen LogP contribution in [0, 0.1) is 5.92 Å². The van der Waals surface area contributed by atoms with E-state index in [1.165, 1.54) is 51.5 Å². The van der Waals surface area contributed by atoms with Gasteiger partial charge < -0.3 is 11.1 Å². The summed E-state index contributed by atoms with van der Waals surface area (Å²) in [7, 11) is 0. The molecule has 2 unspecified atom stereocenters. The van der Waals surface area contributed by atoms with E-state index in [1.807, 2.05) is 0 Å². The van der Waals surface area contributed by atoms with E-state index in [0.29, 0.717) is 11.6 Å². The molecule has 0 radical (unpaired) electrons. The van der Waals surface area contributed by atoms with Gasteiger partial charge in [-0.3, -0.25) is 0 Å². The predicted octanol–water partition coefficient (Wildman–Crippen LogP) is 2.04. The van der Waals surface area contributed by atoms with Crippen LogP contribution in [0.2, 0.25) is 0 Å². The van der Waals surface area contributed by atoms with Crippen molar-refractivity contribution >= 4 is 0 Å². The molecule has 82 valence electrons. The van der Waals surface area contributed by atoms with E-state index in [-0.39, 0.29) is 0 Å². The van der Waals surface area contributed by atoms with Crippen LogP contribution in [0.1, 0.15) is 51.9 Å². The van der Waals surface area contributed by atoms with Gasteiger partial charge in [-0.2, -0.15) is 0 Å². The molecule has 14 heavy (non-hydrogen) atoms. The van der Waals surface area contributed by atoms with Crippen molar-refractivity contribution in [3.05, 3.63) is 0 Å². The monoisotopic (exact) mass is 196 g/mol. The zero-order chi connectivity index (χ0) is 10.0. The fourth-order valence-electron chi connectivity index (χ4n) is 2.79. The second-order valence-electron chi connectivity index (χ2n) is 5.59. The molecule has 0 aliphatic heterocycles. The Labute approximate surface area is 87.6 Å². The van der Waals surface area contributed by atoms with Crippen molar-refractivity contribution < 1.29 is 0 Å². The number of nitrogens with two attached hydrogens (primary N) is 1.